The van der Waals surface area contributed by atoms with Crippen molar-refractivity contribution in [2.75, 3.05) is 5.75 Å². The van der Waals surface area contributed by atoms with Crippen LogP contribution in [0.25, 0.3) is 0 Å². The van der Waals surface area contributed by atoms with Gasteiger partial charge < -0.3 is 4.42 Å². The first-order valence-corrected chi connectivity index (χ1v) is 6.12. The van der Waals surface area contributed by atoms with Crippen LogP contribution in [0.3, 0.4) is 0 Å². The van der Waals surface area contributed by atoms with Gasteiger partial charge in [0.15, 0.2) is 0 Å². The Bertz CT molecular complexity index is 267. The number of nitrogens with one attached hydrogen (secondary N) is 1. The van der Waals surface area contributed by atoms with E-state index in [1.807, 2.05) is 23.9 Å². The average molecular weight is 228 g/mol. The lowest BCUT2D eigenvalue weighted by Crippen LogP contribution is -2.39. The summed E-state index contributed by atoms with van der Waals surface area (Å²) in [5, 5.41) is 0. The quantitative estimate of drug-likeness (QED) is 0.599. The fourth-order valence-electron chi connectivity index (χ4n) is 1.19. The molecular weight excluding hydrogens is 208 g/mol. The van der Waals surface area contributed by atoms with Crippen LogP contribution in [0.15, 0.2) is 22.8 Å². The maximum Gasteiger partial charge on any atom is 0.105 e. The minimum Gasteiger partial charge on any atom is -0.469 e. The number of rotatable bonds is 5. The maximum absolute atomic E-state index is 5.51. The summed E-state index contributed by atoms with van der Waals surface area (Å²) in [7, 11) is 0. The van der Waals surface area contributed by atoms with Gasteiger partial charge >= 0.3 is 0 Å². The Morgan fingerprint density at radius 3 is 2.73 bits per heavy atom. The van der Waals surface area contributed by atoms with Gasteiger partial charge in [0.1, 0.15) is 5.76 Å². The van der Waals surface area contributed by atoms with E-state index in [-0.39, 0.29) is 10.8 Å². The molecule has 4 heteroatoms. The van der Waals surface area contributed by atoms with Crippen LogP contribution in [0.2, 0.25) is 0 Å². The van der Waals surface area contributed by atoms with E-state index in [4.69, 9.17) is 10.3 Å². The molecule has 0 spiro atoms. The van der Waals surface area contributed by atoms with Crippen LogP contribution in [-0.4, -0.2) is 16.5 Å². The van der Waals surface area contributed by atoms with Crippen LogP contribution in [-0.2, 0) is 6.42 Å². The monoisotopic (exact) mass is 228 g/mol. The Kier molecular flexibility index (Phi) is 4.70. The van der Waals surface area contributed by atoms with E-state index >= 15 is 0 Å². The fraction of sp³-hybridized carbons (Fsp3) is 0.636. The van der Waals surface area contributed by atoms with E-state index in [0.717, 1.165) is 17.9 Å². The van der Waals surface area contributed by atoms with Crippen molar-refractivity contribution >= 4 is 11.8 Å². The third-order valence-electron chi connectivity index (χ3n) is 1.98. The third kappa shape index (κ3) is 5.25. The number of hydrogen-bond acceptors (Lipinski definition) is 4. The summed E-state index contributed by atoms with van der Waals surface area (Å²) in [6, 6.07) is 4.15. The van der Waals surface area contributed by atoms with Gasteiger partial charge in [0, 0.05) is 23.0 Å². The van der Waals surface area contributed by atoms with E-state index in [9.17, 15) is 0 Å². The molecule has 0 fully saturated rings. The smallest absolute Gasteiger partial charge is 0.105 e. The summed E-state index contributed by atoms with van der Waals surface area (Å²) < 4.78 is 5.57. The molecule has 15 heavy (non-hydrogen) atoms. The first-order valence-electron chi connectivity index (χ1n) is 5.14. The lowest BCUT2D eigenvalue weighted by atomic mass is 10.2. The van der Waals surface area contributed by atoms with E-state index in [2.05, 4.69) is 26.2 Å². The lowest BCUT2D eigenvalue weighted by molar-refractivity contribution is 0.465. The molecule has 1 unspecified atom stereocenters. The minimum atomic E-state index is 0.264. The molecule has 0 aromatic carbocycles. The van der Waals surface area contributed by atoms with Crippen LogP contribution in [0.5, 0.6) is 0 Å². The first kappa shape index (κ1) is 12.6. The molecule has 0 aliphatic rings. The molecule has 0 radical (unpaired) electrons. The Morgan fingerprint density at radius 1 is 1.53 bits per heavy atom. The van der Waals surface area contributed by atoms with Crippen LogP contribution in [0.4, 0.5) is 0 Å². The number of thioether (sulfide) groups is 1. The molecular formula is C11H20N2OS. The summed E-state index contributed by atoms with van der Waals surface area (Å²) >= 11 is 1.90. The molecule has 0 bridgehead atoms. The zero-order valence-corrected chi connectivity index (χ0v) is 10.4. The predicted octanol–water partition coefficient (Wildman–Crippen LogP) is 2.19. The summed E-state index contributed by atoms with van der Waals surface area (Å²) in [5.74, 6) is 7.48. The van der Waals surface area contributed by atoms with Crippen molar-refractivity contribution in [1.29, 1.82) is 0 Å². The van der Waals surface area contributed by atoms with Crippen LogP contribution in [0.1, 0.15) is 26.5 Å². The Labute approximate surface area is 95.8 Å². The Morgan fingerprint density at radius 2 is 2.27 bits per heavy atom. The second kappa shape index (κ2) is 5.58. The van der Waals surface area contributed by atoms with Crippen LogP contribution in [0, 0.1) is 0 Å². The van der Waals surface area contributed by atoms with Crippen molar-refractivity contribution in [1.82, 2.24) is 5.43 Å². The second-order valence-corrected chi connectivity index (χ2v) is 6.42. The lowest BCUT2D eigenvalue weighted by Gasteiger charge is -2.21. The van der Waals surface area contributed by atoms with Crippen molar-refractivity contribution in [2.45, 2.75) is 38.0 Å². The highest BCUT2D eigenvalue weighted by atomic mass is 32.2. The molecule has 1 heterocycles. The van der Waals surface area contributed by atoms with Crippen molar-refractivity contribution in [3.05, 3.63) is 24.2 Å². The summed E-state index contributed by atoms with van der Waals surface area (Å²) in [4.78, 5) is 0. The molecule has 3 nitrogen and oxygen atoms in total. The fourth-order valence-corrected chi connectivity index (χ4v) is 2.10. The van der Waals surface area contributed by atoms with Gasteiger partial charge in [0.2, 0.25) is 0 Å². The largest absolute Gasteiger partial charge is 0.469 e. The molecule has 1 rings (SSSR count). The molecule has 1 atom stereocenters. The highest BCUT2D eigenvalue weighted by molar-refractivity contribution is 8.00. The summed E-state index contributed by atoms with van der Waals surface area (Å²) in [6.07, 6.45) is 2.53. The average Bonchev–Trinajstić information content (AvgIpc) is 2.63. The molecule has 1 aromatic rings. The van der Waals surface area contributed by atoms with Gasteiger partial charge in [-0.2, -0.15) is 11.8 Å². The molecule has 0 aliphatic heterocycles. The van der Waals surface area contributed by atoms with Gasteiger partial charge in [-0.25, -0.2) is 0 Å². The maximum atomic E-state index is 5.51. The predicted molar refractivity (Wildman–Crippen MR) is 65.7 cm³/mol. The molecule has 0 saturated heterocycles. The molecule has 3 N–H and O–H groups in total. The number of nitrogens with two attached hydrogens (primary N) is 1. The summed E-state index contributed by atoms with van der Waals surface area (Å²) in [5.41, 5.74) is 2.83. The third-order valence-corrected chi connectivity index (χ3v) is 3.42. The zero-order chi connectivity index (χ0) is 11.3. The van der Waals surface area contributed by atoms with Crippen LogP contribution >= 0.6 is 11.8 Å². The van der Waals surface area contributed by atoms with E-state index in [1.165, 1.54) is 0 Å². The highest BCUT2D eigenvalue weighted by Crippen LogP contribution is 2.24. The van der Waals surface area contributed by atoms with E-state index in [0.29, 0.717) is 0 Å². The Hall–Kier alpha value is -0.450. The molecule has 86 valence electrons. The van der Waals surface area contributed by atoms with Crippen molar-refractivity contribution in [3.8, 4) is 0 Å². The molecule has 0 saturated carbocycles. The van der Waals surface area contributed by atoms with Gasteiger partial charge in [-0.15, -0.1) is 0 Å². The van der Waals surface area contributed by atoms with Gasteiger partial charge in [-0.05, 0) is 12.1 Å². The Balaban J connectivity index is 2.36. The number of furan rings is 1. The van der Waals surface area contributed by atoms with Gasteiger partial charge in [0.05, 0.1) is 6.26 Å². The highest BCUT2D eigenvalue weighted by Gasteiger charge is 2.15. The van der Waals surface area contributed by atoms with Gasteiger partial charge in [0.25, 0.3) is 0 Å². The second-order valence-electron chi connectivity index (χ2n) is 4.57. The first-order chi connectivity index (χ1) is 7.01. The number of hydrogen-bond donors (Lipinski definition) is 2. The van der Waals surface area contributed by atoms with Crippen molar-refractivity contribution in [3.63, 3.8) is 0 Å². The van der Waals surface area contributed by atoms with Crippen molar-refractivity contribution in [2.24, 2.45) is 5.84 Å². The van der Waals surface area contributed by atoms with E-state index < -0.39 is 0 Å². The molecule has 0 aliphatic carbocycles. The van der Waals surface area contributed by atoms with Gasteiger partial charge in [-0.1, -0.05) is 20.8 Å². The summed E-state index contributed by atoms with van der Waals surface area (Å²) in [6.45, 7) is 6.62. The van der Waals surface area contributed by atoms with Crippen LogP contribution < -0.4 is 11.3 Å². The zero-order valence-electron chi connectivity index (χ0n) is 9.62. The minimum absolute atomic E-state index is 0.264. The van der Waals surface area contributed by atoms with Crippen molar-refractivity contribution < 1.29 is 4.42 Å². The topological polar surface area (TPSA) is 51.2 Å². The normalized spacial score (nSPS) is 14.1. The standard InChI is InChI=1S/C11H20N2OS/c1-11(2,3)15-8-9(13-12)7-10-5-4-6-14-10/h4-6,9,13H,7-8,12H2,1-3H3. The molecule has 1 aromatic heterocycles. The van der Waals surface area contributed by atoms with Gasteiger partial charge in [-0.3, -0.25) is 11.3 Å². The van der Waals surface area contributed by atoms with E-state index in [1.54, 1.807) is 6.26 Å². The number of hydrazine groups is 1. The molecule has 0 amide bonds. The SMILES string of the molecule is CC(C)(C)SCC(Cc1ccco1)NN.